The summed E-state index contributed by atoms with van der Waals surface area (Å²) in [5, 5.41) is 0. The Morgan fingerprint density at radius 3 is 1.93 bits per heavy atom. The molecule has 0 unspecified atom stereocenters. The molecule has 3 rings (SSSR count). The van der Waals surface area contributed by atoms with Gasteiger partial charge in [-0.15, -0.1) is 0 Å². The average molecular weight is 381 g/mol. The van der Waals surface area contributed by atoms with Crippen LogP contribution in [0.4, 0.5) is 8.78 Å². The van der Waals surface area contributed by atoms with Gasteiger partial charge in [0, 0.05) is 11.5 Å². The third kappa shape index (κ3) is 5.41. The van der Waals surface area contributed by atoms with Gasteiger partial charge in [0.2, 0.25) is 0 Å². The second-order valence-electron chi connectivity index (χ2n) is 8.03. The smallest absolute Gasteiger partial charge is 0.162 e. The third-order valence-electron chi connectivity index (χ3n) is 5.82. The Balaban J connectivity index is 1.65. The number of rotatable bonds is 6. The lowest BCUT2D eigenvalue weighted by Gasteiger charge is -2.27. The van der Waals surface area contributed by atoms with E-state index in [-0.39, 0.29) is 5.92 Å². The summed E-state index contributed by atoms with van der Waals surface area (Å²) in [4.78, 5) is 0. The Bertz CT molecular complexity index is 805. The average Bonchev–Trinajstić information content (AvgIpc) is 2.73. The summed E-state index contributed by atoms with van der Waals surface area (Å²) < 4.78 is 29.3. The first-order chi connectivity index (χ1) is 13.6. The zero-order chi connectivity index (χ0) is 19.9. The zero-order valence-corrected chi connectivity index (χ0v) is 16.9. The monoisotopic (exact) mass is 380 g/mol. The van der Waals surface area contributed by atoms with Gasteiger partial charge in [0.25, 0.3) is 0 Å². The van der Waals surface area contributed by atoms with Crippen molar-refractivity contribution >= 4 is 18.0 Å². The Hall–Kier alpha value is -2.22. The summed E-state index contributed by atoms with van der Waals surface area (Å²) in [5.74, 6) is -0.808. The third-order valence-corrected chi connectivity index (χ3v) is 5.82. The van der Waals surface area contributed by atoms with E-state index in [1.807, 2.05) is 24.3 Å². The summed E-state index contributed by atoms with van der Waals surface area (Å²) in [5.41, 5.74) is 3.65. The molecule has 2 aromatic rings. The molecule has 0 aromatic heterocycles. The van der Waals surface area contributed by atoms with Crippen LogP contribution in [0.15, 0.2) is 54.4 Å². The van der Waals surface area contributed by atoms with E-state index in [0.29, 0.717) is 11.5 Å². The van der Waals surface area contributed by atoms with Gasteiger partial charge in [-0.2, -0.15) is 0 Å². The van der Waals surface area contributed by atoms with E-state index in [1.165, 1.54) is 18.4 Å². The molecule has 2 aromatic carbocycles. The molecule has 2 heteroatoms. The quantitative estimate of drug-likeness (QED) is 0.441. The molecule has 0 amide bonds. The van der Waals surface area contributed by atoms with Crippen LogP contribution in [0.25, 0.3) is 18.0 Å². The zero-order valence-electron chi connectivity index (χ0n) is 16.9. The van der Waals surface area contributed by atoms with E-state index in [1.54, 1.807) is 12.1 Å². The predicted octanol–water partition coefficient (Wildman–Crippen LogP) is 8.38. The minimum absolute atomic E-state index is 0.255. The van der Waals surface area contributed by atoms with E-state index in [4.69, 9.17) is 0 Å². The number of aryl methyl sites for hydroxylation is 1. The number of halogens is 2. The highest BCUT2D eigenvalue weighted by molar-refractivity contribution is 5.71. The Labute approximate surface area is 168 Å². The topological polar surface area (TPSA) is 0 Å². The molecule has 0 spiro atoms. The first kappa shape index (κ1) is 20.5. The van der Waals surface area contributed by atoms with Gasteiger partial charge in [-0.05, 0) is 49.7 Å². The van der Waals surface area contributed by atoms with E-state index < -0.39 is 11.7 Å². The van der Waals surface area contributed by atoms with Crippen LogP contribution in [0.3, 0.4) is 0 Å². The summed E-state index contributed by atoms with van der Waals surface area (Å²) >= 11 is 0. The van der Waals surface area contributed by atoms with Crippen LogP contribution < -0.4 is 0 Å². The second-order valence-corrected chi connectivity index (χ2v) is 8.03. The van der Waals surface area contributed by atoms with E-state index in [0.717, 1.165) is 36.8 Å². The highest BCUT2D eigenvalue weighted by atomic mass is 19.2. The van der Waals surface area contributed by atoms with Crippen molar-refractivity contribution in [1.29, 1.82) is 0 Å². The van der Waals surface area contributed by atoms with E-state index >= 15 is 0 Å². The molecular formula is C26H30F2. The molecule has 1 fully saturated rings. The molecule has 0 heterocycles. The Morgan fingerprint density at radius 1 is 0.857 bits per heavy atom. The normalized spacial score (nSPS) is 21.0. The van der Waals surface area contributed by atoms with Gasteiger partial charge < -0.3 is 0 Å². The maximum atomic E-state index is 14.7. The fourth-order valence-electron chi connectivity index (χ4n) is 4.04. The maximum Gasteiger partial charge on any atom is 0.162 e. The van der Waals surface area contributed by atoms with Crippen LogP contribution in [0.2, 0.25) is 0 Å². The van der Waals surface area contributed by atoms with Crippen molar-refractivity contribution < 1.29 is 8.78 Å². The van der Waals surface area contributed by atoms with Crippen LogP contribution in [-0.4, -0.2) is 0 Å². The van der Waals surface area contributed by atoms with Gasteiger partial charge in [0.15, 0.2) is 5.83 Å². The molecule has 0 saturated heterocycles. The van der Waals surface area contributed by atoms with Gasteiger partial charge in [-0.3, -0.25) is 0 Å². The molecule has 0 N–H and O–H groups in total. The lowest BCUT2D eigenvalue weighted by atomic mass is 9.79. The summed E-state index contributed by atoms with van der Waals surface area (Å²) in [6, 6.07) is 15.3. The second kappa shape index (κ2) is 9.82. The fourth-order valence-corrected chi connectivity index (χ4v) is 4.04. The molecule has 148 valence electrons. The van der Waals surface area contributed by atoms with Crippen molar-refractivity contribution in [3.8, 4) is 0 Å². The predicted molar refractivity (Wildman–Crippen MR) is 116 cm³/mol. The summed E-state index contributed by atoms with van der Waals surface area (Å²) in [7, 11) is 0. The van der Waals surface area contributed by atoms with Crippen LogP contribution in [0, 0.1) is 18.8 Å². The van der Waals surface area contributed by atoms with Crippen molar-refractivity contribution in [2.75, 3.05) is 0 Å². The summed E-state index contributed by atoms with van der Waals surface area (Å²) in [6.45, 7) is 4.25. The number of hydrogen-bond donors (Lipinski definition) is 0. The van der Waals surface area contributed by atoms with Crippen LogP contribution in [0.5, 0.6) is 0 Å². The van der Waals surface area contributed by atoms with Gasteiger partial charge in [0.1, 0.15) is 5.83 Å². The van der Waals surface area contributed by atoms with E-state index in [2.05, 4.69) is 38.1 Å². The minimum atomic E-state index is -0.687. The lowest BCUT2D eigenvalue weighted by molar-refractivity contribution is 0.261. The van der Waals surface area contributed by atoms with Crippen molar-refractivity contribution in [3.05, 3.63) is 76.6 Å². The highest BCUT2D eigenvalue weighted by Crippen LogP contribution is 2.39. The van der Waals surface area contributed by atoms with Gasteiger partial charge in [-0.25, -0.2) is 8.78 Å². The standard InChI is InChI=1S/C26H30F2/c1-3-4-20-11-15-23(16-12-20)25(27)26(28)24-17-13-22(14-18-24)10-9-21-7-5-19(2)6-8-21/h5-10,13-14,17-18,20,23H,3-4,11-12,15-16H2,1-2H3/b10-9?,26-25+/t20-,23-. The number of allylic oxidation sites excluding steroid dienone is 1. The largest absolute Gasteiger partial charge is 0.208 e. The highest BCUT2D eigenvalue weighted by Gasteiger charge is 2.26. The fraction of sp³-hybridized carbons (Fsp3) is 0.385. The van der Waals surface area contributed by atoms with Gasteiger partial charge in [0.05, 0.1) is 0 Å². The van der Waals surface area contributed by atoms with Gasteiger partial charge in [-0.1, -0.05) is 86.0 Å². The molecule has 28 heavy (non-hydrogen) atoms. The molecule has 0 radical (unpaired) electrons. The van der Waals surface area contributed by atoms with Crippen molar-refractivity contribution in [2.45, 2.75) is 52.4 Å². The molecule has 1 aliphatic rings. The molecule has 0 bridgehead atoms. The molecule has 0 atom stereocenters. The van der Waals surface area contributed by atoms with E-state index in [9.17, 15) is 8.78 Å². The maximum absolute atomic E-state index is 14.7. The number of hydrogen-bond acceptors (Lipinski definition) is 0. The van der Waals surface area contributed by atoms with Crippen molar-refractivity contribution in [1.82, 2.24) is 0 Å². The van der Waals surface area contributed by atoms with Crippen LogP contribution in [0.1, 0.15) is 67.7 Å². The van der Waals surface area contributed by atoms with Gasteiger partial charge >= 0.3 is 0 Å². The minimum Gasteiger partial charge on any atom is -0.208 e. The molecular weight excluding hydrogens is 350 g/mol. The van der Waals surface area contributed by atoms with Crippen LogP contribution in [-0.2, 0) is 0 Å². The molecule has 1 saturated carbocycles. The lowest BCUT2D eigenvalue weighted by Crippen LogP contribution is -2.15. The first-order valence-corrected chi connectivity index (χ1v) is 10.5. The Morgan fingerprint density at radius 2 is 1.39 bits per heavy atom. The molecule has 1 aliphatic carbocycles. The van der Waals surface area contributed by atoms with Crippen molar-refractivity contribution in [3.63, 3.8) is 0 Å². The number of benzene rings is 2. The Kier molecular flexibility index (Phi) is 7.19. The summed E-state index contributed by atoms with van der Waals surface area (Å²) in [6.07, 6.45) is 9.95. The SMILES string of the molecule is CCC[C@H]1CC[C@H](/C(F)=C(\F)c2ccc(C=Cc3ccc(C)cc3)cc2)CC1. The first-order valence-electron chi connectivity index (χ1n) is 10.5. The molecule has 0 aliphatic heterocycles. The molecule has 0 nitrogen and oxygen atoms in total. The van der Waals surface area contributed by atoms with Crippen molar-refractivity contribution in [2.24, 2.45) is 11.8 Å². The van der Waals surface area contributed by atoms with Crippen LogP contribution >= 0.6 is 0 Å².